The smallest absolute Gasteiger partial charge is 0.207 e. The Labute approximate surface area is 111 Å². The molecular weight excluding hydrogens is 281 g/mol. The van der Waals surface area contributed by atoms with Crippen LogP contribution in [-0.2, 0) is 10.0 Å². The Kier molecular flexibility index (Phi) is 3.98. The number of nitrogens with zero attached hydrogens (tertiary/aromatic N) is 1. The molecule has 0 amide bonds. The van der Waals surface area contributed by atoms with Gasteiger partial charge in [-0.05, 0) is 37.1 Å². The van der Waals surface area contributed by atoms with E-state index in [0.717, 1.165) is 12.8 Å². The standard InChI is InChI=1S/C11H13Cl2NO2S/c12-9-3-5-11(6-4-9)17(15,16)14-7-1-2-10(13)8-14/h3-6,10H,1-2,7-8H2. The predicted molar refractivity (Wildman–Crippen MR) is 69.1 cm³/mol. The van der Waals surface area contributed by atoms with Gasteiger partial charge in [0.15, 0.2) is 0 Å². The Morgan fingerprint density at radius 3 is 2.47 bits per heavy atom. The van der Waals surface area contributed by atoms with Gasteiger partial charge in [0.25, 0.3) is 0 Å². The molecule has 0 aliphatic carbocycles. The van der Waals surface area contributed by atoms with E-state index in [1.54, 1.807) is 12.1 Å². The van der Waals surface area contributed by atoms with Gasteiger partial charge in [0.05, 0.1) is 4.90 Å². The predicted octanol–water partition coefficient (Wildman–Crippen LogP) is 2.73. The summed E-state index contributed by atoms with van der Waals surface area (Å²) in [6.07, 6.45) is 1.68. The number of sulfonamides is 1. The van der Waals surface area contributed by atoms with Crippen LogP contribution in [0.3, 0.4) is 0 Å². The molecule has 94 valence electrons. The van der Waals surface area contributed by atoms with Crippen molar-refractivity contribution >= 4 is 33.2 Å². The molecule has 6 heteroatoms. The van der Waals surface area contributed by atoms with Crippen LogP contribution in [-0.4, -0.2) is 31.2 Å². The van der Waals surface area contributed by atoms with Crippen molar-refractivity contribution in [3.8, 4) is 0 Å². The maximum absolute atomic E-state index is 12.3. The van der Waals surface area contributed by atoms with Crippen LogP contribution in [0, 0.1) is 0 Å². The van der Waals surface area contributed by atoms with Gasteiger partial charge in [-0.2, -0.15) is 4.31 Å². The zero-order valence-corrected chi connectivity index (χ0v) is 11.5. The Morgan fingerprint density at radius 2 is 1.88 bits per heavy atom. The fraction of sp³-hybridized carbons (Fsp3) is 0.455. The average molecular weight is 294 g/mol. The number of halogens is 2. The summed E-state index contributed by atoms with van der Waals surface area (Å²) in [4.78, 5) is 0.271. The third kappa shape index (κ3) is 2.94. The molecule has 1 aromatic carbocycles. The number of hydrogen-bond donors (Lipinski definition) is 0. The van der Waals surface area contributed by atoms with E-state index in [9.17, 15) is 8.42 Å². The number of rotatable bonds is 2. The van der Waals surface area contributed by atoms with E-state index in [-0.39, 0.29) is 10.3 Å². The van der Waals surface area contributed by atoms with Crippen molar-refractivity contribution in [3.63, 3.8) is 0 Å². The quantitative estimate of drug-likeness (QED) is 0.787. The molecule has 1 atom stereocenters. The van der Waals surface area contributed by atoms with E-state index in [1.165, 1.54) is 16.4 Å². The fourth-order valence-electron chi connectivity index (χ4n) is 1.87. The summed E-state index contributed by atoms with van der Waals surface area (Å²) in [5, 5.41) is 0.434. The van der Waals surface area contributed by atoms with Crippen LogP contribution in [0.5, 0.6) is 0 Å². The van der Waals surface area contributed by atoms with Gasteiger partial charge < -0.3 is 0 Å². The number of benzene rings is 1. The fourth-order valence-corrected chi connectivity index (χ4v) is 3.92. The van der Waals surface area contributed by atoms with Crippen molar-refractivity contribution < 1.29 is 8.42 Å². The molecule has 1 saturated heterocycles. The summed E-state index contributed by atoms with van der Waals surface area (Å²) in [6, 6.07) is 6.21. The molecule has 3 nitrogen and oxygen atoms in total. The zero-order valence-electron chi connectivity index (χ0n) is 9.14. The monoisotopic (exact) mass is 293 g/mol. The van der Waals surface area contributed by atoms with E-state index < -0.39 is 10.0 Å². The van der Waals surface area contributed by atoms with Gasteiger partial charge in [-0.1, -0.05) is 11.6 Å². The lowest BCUT2D eigenvalue weighted by Crippen LogP contribution is -2.40. The summed E-state index contributed by atoms with van der Waals surface area (Å²) in [6.45, 7) is 0.917. The maximum atomic E-state index is 12.3. The first-order chi connectivity index (χ1) is 8.00. The Bertz CT molecular complexity index is 487. The first-order valence-corrected chi connectivity index (χ1v) is 7.65. The second kappa shape index (κ2) is 5.14. The molecule has 2 rings (SSSR count). The lowest BCUT2D eigenvalue weighted by molar-refractivity contribution is 0.350. The van der Waals surface area contributed by atoms with Crippen LogP contribution >= 0.6 is 23.2 Å². The van der Waals surface area contributed by atoms with Crippen molar-refractivity contribution in [1.29, 1.82) is 0 Å². The lowest BCUT2D eigenvalue weighted by atomic mass is 10.2. The Hall–Kier alpha value is -0.290. The molecule has 0 radical (unpaired) electrons. The molecule has 1 aliphatic rings. The summed E-state index contributed by atoms with van der Waals surface area (Å²) >= 11 is 11.7. The summed E-state index contributed by atoms with van der Waals surface area (Å²) < 4.78 is 26.0. The molecule has 0 saturated carbocycles. The minimum Gasteiger partial charge on any atom is -0.207 e. The third-order valence-corrected chi connectivity index (χ3v) is 5.27. The number of hydrogen-bond acceptors (Lipinski definition) is 2. The molecule has 1 unspecified atom stereocenters. The summed E-state index contributed by atoms with van der Waals surface area (Å²) in [5.74, 6) is 0. The SMILES string of the molecule is O=S(=O)(c1ccc(Cl)cc1)N1CCCC(Cl)C1. The van der Waals surface area contributed by atoms with Crippen molar-refractivity contribution in [3.05, 3.63) is 29.3 Å². The van der Waals surface area contributed by atoms with E-state index in [0.29, 0.717) is 18.1 Å². The van der Waals surface area contributed by atoms with Gasteiger partial charge in [-0.3, -0.25) is 0 Å². The lowest BCUT2D eigenvalue weighted by Gasteiger charge is -2.28. The van der Waals surface area contributed by atoms with Gasteiger partial charge in [0, 0.05) is 23.5 Å². The highest BCUT2D eigenvalue weighted by atomic mass is 35.5. The molecule has 1 aliphatic heterocycles. The molecule has 1 aromatic rings. The van der Waals surface area contributed by atoms with Crippen LogP contribution in [0.1, 0.15) is 12.8 Å². The average Bonchev–Trinajstić information content (AvgIpc) is 2.29. The minimum absolute atomic E-state index is 0.0918. The van der Waals surface area contributed by atoms with Crippen molar-refractivity contribution in [1.82, 2.24) is 4.31 Å². The molecule has 17 heavy (non-hydrogen) atoms. The molecule has 0 N–H and O–H groups in total. The highest BCUT2D eigenvalue weighted by molar-refractivity contribution is 7.89. The first-order valence-electron chi connectivity index (χ1n) is 5.40. The van der Waals surface area contributed by atoms with E-state index in [1.807, 2.05) is 0 Å². The van der Waals surface area contributed by atoms with Crippen molar-refractivity contribution in [2.75, 3.05) is 13.1 Å². The summed E-state index contributed by atoms with van der Waals surface area (Å²) in [5.41, 5.74) is 0. The molecule has 0 bridgehead atoms. The van der Waals surface area contributed by atoms with Crippen LogP contribution in [0.15, 0.2) is 29.2 Å². The second-order valence-electron chi connectivity index (χ2n) is 4.06. The molecule has 1 heterocycles. The molecule has 0 spiro atoms. The third-order valence-electron chi connectivity index (χ3n) is 2.78. The van der Waals surface area contributed by atoms with E-state index in [2.05, 4.69) is 0 Å². The van der Waals surface area contributed by atoms with Crippen molar-refractivity contribution in [2.45, 2.75) is 23.1 Å². The summed E-state index contributed by atoms with van der Waals surface area (Å²) in [7, 11) is -3.42. The van der Waals surface area contributed by atoms with E-state index in [4.69, 9.17) is 23.2 Å². The van der Waals surface area contributed by atoms with Crippen LogP contribution in [0.25, 0.3) is 0 Å². The van der Waals surface area contributed by atoms with Crippen LogP contribution < -0.4 is 0 Å². The highest BCUT2D eigenvalue weighted by Gasteiger charge is 2.29. The minimum atomic E-state index is -3.42. The van der Waals surface area contributed by atoms with Crippen molar-refractivity contribution in [2.24, 2.45) is 0 Å². The zero-order chi connectivity index (χ0) is 12.5. The normalized spacial score (nSPS) is 22.6. The highest BCUT2D eigenvalue weighted by Crippen LogP contribution is 2.23. The Morgan fingerprint density at radius 1 is 1.24 bits per heavy atom. The molecule has 1 fully saturated rings. The van der Waals surface area contributed by atoms with E-state index >= 15 is 0 Å². The van der Waals surface area contributed by atoms with Gasteiger partial charge >= 0.3 is 0 Å². The Balaban J connectivity index is 2.26. The maximum Gasteiger partial charge on any atom is 0.243 e. The first kappa shape index (κ1) is 13.1. The molecule has 0 aromatic heterocycles. The van der Waals surface area contributed by atoms with Gasteiger partial charge in [-0.15, -0.1) is 11.6 Å². The van der Waals surface area contributed by atoms with Gasteiger partial charge in [0.2, 0.25) is 10.0 Å². The largest absolute Gasteiger partial charge is 0.243 e. The topological polar surface area (TPSA) is 37.4 Å². The second-order valence-corrected chi connectivity index (χ2v) is 7.05. The molecular formula is C11H13Cl2NO2S. The van der Waals surface area contributed by atoms with Gasteiger partial charge in [-0.25, -0.2) is 8.42 Å². The van der Waals surface area contributed by atoms with Crippen LogP contribution in [0.2, 0.25) is 5.02 Å². The van der Waals surface area contributed by atoms with Gasteiger partial charge in [0.1, 0.15) is 0 Å². The van der Waals surface area contributed by atoms with Crippen LogP contribution in [0.4, 0.5) is 0 Å². The number of alkyl halides is 1. The number of piperidine rings is 1.